The monoisotopic (exact) mass is 453 g/mol. The fourth-order valence-electron chi connectivity index (χ4n) is 1.84. The number of nitrogens with zero attached hydrogens (tertiary/aromatic N) is 2. The van der Waals surface area contributed by atoms with Gasteiger partial charge < -0.3 is 0 Å². The van der Waals surface area contributed by atoms with Crippen LogP contribution in [0.1, 0.15) is 0 Å². The van der Waals surface area contributed by atoms with E-state index in [0.29, 0.717) is 0 Å². The van der Waals surface area contributed by atoms with Crippen molar-refractivity contribution in [2.24, 2.45) is 0 Å². The predicted octanol–water partition coefficient (Wildman–Crippen LogP) is 2.77. The molecular formula is C12H9Cl2N5O4S3. The molecule has 0 aliphatic heterocycles. The number of nitrogens with one attached hydrogen (secondary N) is 3. The first-order chi connectivity index (χ1) is 12.2. The Labute approximate surface area is 162 Å². The van der Waals surface area contributed by atoms with Gasteiger partial charge in [-0.15, -0.1) is 11.3 Å². The lowest BCUT2D eigenvalue weighted by atomic mass is 10.3. The Balaban J connectivity index is 2.02. The van der Waals surface area contributed by atoms with Gasteiger partial charge in [0.05, 0.1) is 21.4 Å². The number of hydrogen-bond acceptors (Lipinski definition) is 7. The van der Waals surface area contributed by atoms with Crippen molar-refractivity contribution in [2.45, 2.75) is 9.37 Å². The van der Waals surface area contributed by atoms with E-state index < -0.39 is 25.2 Å². The molecule has 0 fully saturated rings. The fraction of sp³-hybridized carbons (Fsp3) is 0. The Kier molecular flexibility index (Phi) is 5.12. The molecular weight excluding hydrogens is 445 g/mol. The van der Waals surface area contributed by atoms with Crippen molar-refractivity contribution in [3.8, 4) is 0 Å². The second kappa shape index (κ2) is 7.04. The number of sulfonamides is 2. The Morgan fingerprint density at radius 1 is 1.00 bits per heavy atom. The quantitative estimate of drug-likeness (QED) is 0.525. The third kappa shape index (κ3) is 3.94. The van der Waals surface area contributed by atoms with Gasteiger partial charge in [-0.05, 0) is 23.6 Å². The van der Waals surface area contributed by atoms with Crippen LogP contribution in [0.3, 0.4) is 0 Å². The van der Waals surface area contributed by atoms with E-state index in [0.717, 1.165) is 17.7 Å². The van der Waals surface area contributed by atoms with Gasteiger partial charge in [-0.3, -0.25) is 9.44 Å². The molecule has 0 atom stereocenters. The van der Waals surface area contributed by atoms with Crippen molar-refractivity contribution < 1.29 is 16.8 Å². The van der Waals surface area contributed by atoms with Gasteiger partial charge in [0, 0.05) is 0 Å². The summed E-state index contributed by atoms with van der Waals surface area (Å²) in [4.78, 5) is 3.56. The second-order valence-electron chi connectivity index (χ2n) is 4.75. The number of anilines is 2. The van der Waals surface area contributed by atoms with Gasteiger partial charge in [0.2, 0.25) is 0 Å². The van der Waals surface area contributed by atoms with E-state index in [9.17, 15) is 16.8 Å². The van der Waals surface area contributed by atoms with Crippen LogP contribution in [-0.2, 0) is 20.0 Å². The van der Waals surface area contributed by atoms with Gasteiger partial charge in [-0.2, -0.15) is 13.5 Å². The lowest BCUT2D eigenvalue weighted by molar-refractivity contribution is 0.592. The van der Waals surface area contributed by atoms with Crippen LogP contribution in [0.5, 0.6) is 0 Å². The van der Waals surface area contributed by atoms with E-state index in [4.69, 9.17) is 23.2 Å². The molecule has 0 saturated carbocycles. The summed E-state index contributed by atoms with van der Waals surface area (Å²) in [6.07, 6.45) is 1.02. The number of aromatic nitrogens is 3. The zero-order valence-electron chi connectivity index (χ0n) is 12.5. The topological polar surface area (TPSA) is 134 Å². The van der Waals surface area contributed by atoms with Crippen molar-refractivity contribution in [3.63, 3.8) is 0 Å². The van der Waals surface area contributed by atoms with Gasteiger partial charge in [0.1, 0.15) is 10.5 Å². The number of benzene rings is 1. The summed E-state index contributed by atoms with van der Waals surface area (Å²) in [7, 11) is -8.08. The van der Waals surface area contributed by atoms with Crippen LogP contribution >= 0.6 is 34.5 Å². The average molecular weight is 454 g/mol. The maximum Gasteiger partial charge on any atom is 0.297 e. The van der Waals surface area contributed by atoms with Crippen LogP contribution in [-0.4, -0.2) is 32.0 Å². The summed E-state index contributed by atoms with van der Waals surface area (Å²) in [5.74, 6) is 0. The maximum absolute atomic E-state index is 12.4. The third-order valence-corrected chi connectivity index (χ3v) is 7.64. The van der Waals surface area contributed by atoms with E-state index in [1.165, 1.54) is 18.2 Å². The molecule has 0 bridgehead atoms. The van der Waals surface area contributed by atoms with E-state index in [2.05, 4.69) is 24.6 Å². The molecule has 14 heteroatoms. The highest BCUT2D eigenvalue weighted by Crippen LogP contribution is 2.35. The molecule has 26 heavy (non-hydrogen) atoms. The highest BCUT2D eigenvalue weighted by molar-refractivity contribution is 7.94. The highest BCUT2D eigenvalue weighted by Gasteiger charge is 2.23. The summed E-state index contributed by atoms with van der Waals surface area (Å²) < 4.78 is 54.0. The molecule has 2 aromatic heterocycles. The minimum absolute atomic E-state index is 0.0287. The van der Waals surface area contributed by atoms with Crippen molar-refractivity contribution in [1.29, 1.82) is 0 Å². The highest BCUT2D eigenvalue weighted by atomic mass is 35.5. The van der Waals surface area contributed by atoms with Gasteiger partial charge >= 0.3 is 0 Å². The van der Waals surface area contributed by atoms with Gasteiger partial charge in [-0.25, -0.2) is 18.5 Å². The van der Waals surface area contributed by atoms with Crippen molar-refractivity contribution >= 4 is 66.0 Å². The summed E-state index contributed by atoms with van der Waals surface area (Å²) in [6, 6.07) is 5.36. The molecule has 0 radical (unpaired) electrons. The number of rotatable bonds is 6. The molecule has 0 aliphatic rings. The Bertz CT molecular complexity index is 1040. The standard InChI is InChI=1S/C12H9Cl2N5O4S3/c13-7-4-9(18-25(20,21)11-2-1-3-24-11)10(5-8(7)14)19-26(22,23)12-15-6-16-17-12/h1-6,18-19H,(H,15,16,17). The molecule has 138 valence electrons. The molecule has 3 rings (SSSR count). The van der Waals surface area contributed by atoms with E-state index in [1.807, 2.05) is 0 Å². The van der Waals surface area contributed by atoms with E-state index >= 15 is 0 Å². The molecule has 0 aliphatic carbocycles. The lowest BCUT2D eigenvalue weighted by Crippen LogP contribution is -2.18. The summed E-state index contributed by atoms with van der Waals surface area (Å²) >= 11 is 12.9. The van der Waals surface area contributed by atoms with Crippen LogP contribution < -0.4 is 9.44 Å². The van der Waals surface area contributed by atoms with Crippen molar-refractivity contribution in [1.82, 2.24) is 15.2 Å². The number of hydrogen-bond donors (Lipinski definition) is 3. The Morgan fingerprint density at radius 2 is 1.62 bits per heavy atom. The molecule has 0 amide bonds. The van der Waals surface area contributed by atoms with Gasteiger partial charge in [0.15, 0.2) is 0 Å². The van der Waals surface area contributed by atoms with Crippen LogP contribution in [0.25, 0.3) is 0 Å². The minimum Gasteiger partial charge on any atom is -0.277 e. The minimum atomic E-state index is -4.14. The Hall–Kier alpha value is -1.86. The predicted molar refractivity (Wildman–Crippen MR) is 98.8 cm³/mol. The zero-order valence-corrected chi connectivity index (χ0v) is 16.4. The first-order valence-electron chi connectivity index (χ1n) is 6.62. The third-order valence-electron chi connectivity index (χ3n) is 2.96. The van der Waals surface area contributed by atoms with Gasteiger partial charge in [-0.1, -0.05) is 29.3 Å². The first-order valence-corrected chi connectivity index (χ1v) is 11.2. The molecule has 1 aromatic carbocycles. The van der Waals surface area contributed by atoms with Crippen molar-refractivity contribution in [2.75, 3.05) is 9.44 Å². The SMILES string of the molecule is O=S(=O)(Nc1cc(Cl)c(Cl)cc1NS(=O)(=O)c1cccs1)c1ncn[nH]1. The van der Waals surface area contributed by atoms with E-state index in [1.54, 1.807) is 11.4 Å². The lowest BCUT2D eigenvalue weighted by Gasteiger charge is -2.14. The molecule has 0 spiro atoms. The van der Waals surface area contributed by atoms with Crippen LogP contribution in [0.15, 0.2) is 45.3 Å². The number of thiophene rings is 1. The molecule has 0 saturated heterocycles. The second-order valence-corrected chi connectivity index (χ2v) is 10.0. The molecule has 2 heterocycles. The summed E-state index contributed by atoms with van der Waals surface area (Å²) in [5, 5.41) is 6.89. The molecule has 9 nitrogen and oxygen atoms in total. The summed E-state index contributed by atoms with van der Waals surface area (Å²) in [6.45, 7) is 0. The average Bonchev–Trinajstić information content (AvgIpc) is 3.24. The first kappa shape index (κ1) is 18.9. The normalized spacial score (nSPS) is 12.1. The van der Waals surface area contributed by atoms with Crippen LogP contribution in [0, 0.1) is 0 Å². The molecule has 3 N–H and O–H groups in total. The largest absolute Gasteiger partial charge is 0.297 e. The van der Waals surface area contributed by atoms with Gasteiger partial charge in [0.25, 0.3) is 25.2 Å². The number of H-pyrrole nitrogens is 1. The maximum atomic E-state index is 12.4. The number of aromatic amines is 1. The van der Waals surface area contributed by atoms with Crippen LogP contribution in [0.4, 0.5) is 11.4 Å². The molecule has 0 unspecified atom stereocenters. The van der Waals surface area contributed by atoms with Crippen molar-refractivity contribution in [3.05, 3.63) is 46.0 Å². The fourth-order valence-corrected chi connectivity index (χ4v) is 5.15. The summed E-state index contributed by atoms with van der Waals surface area (Å²) in [5.41, 5.74) is -0.230. The Morgan fingerprint density at radius 3 is 2.12 bits per heavy atom. The smallest absolute Gasteiger partial charge is 0.277 e. The molecule has 3 aromatic rings. The number of halogens is 2. The van der Waals surface area contributed by atoms with Crippen LogP contribution in [0.2, 0.25) is 10.0 Å². The van der Waals surface area contributed by atoms with E-state index in [-0.39, 0.29) is 25.6 Å². The zero-order chi connectivity index (χ0) is 18.9.